The Morgan fingerprint density at radius 3 is 2.92 bits per heavy atom. The molecule has 3 heterocycles. The topological polar surface area (TPSA) is 93.4 Å². The highest BCUT2D eigenvalue weighted by Gasteiger charge is 2.18. The monoisotopic (exact) mass is 331 g/mol. The lowest BCUT2D eigenvalue weighted by atomic mass is 10.2. The largest absolute Gasteiger partial charge is 0.378 e. The second-order valence-corrected chi connectivity index (χ2v) is 6.03. The van der Waals surface area contributed by atoms with Crippen molar-refractivity contribution in [1.29, 1.82) is 0 Å². The average Bonchev–Trinajstić information content (AvgIpc) is 3.11. The summed E-state index contributed by atoms with van der Waals surface area (Å²) in [4.78, 5) is 22.7. The molecular weight excluding hydrogens is 310 g/mol. The van der Waals surface area contributed by atoms with Crippen molar-refractivity contribution in [2.24, 2.45) is 5.92 Å². The zero-order valence-corrected chi connectivity index (χ0v) is 13.9. The zero-order chi connectivity index (χ0) is 16.9. The molecule has 1 aliphatic rings. The Balaban J connectivity index is 1.74. The van der Waals surface area contributed by atoms with Gasteiger partial charge in [0, 0.05) is 31.4 Å². The summed E-state index contributed by atoms with van der Waals surface area (Å²) in [6.07, 6.45) is 1.70. The average molecular weight is 331 g/mol. The van der Waals surface area contributed by atoms with E-state index < -0.39 is 0 Å². The number of carbonyl (C=O) groups is 1. The van der Waals surface area contributed by atoms with Gasteiger partial charge in [0.2, 0.25) is 5.82 Å². The molecule has 0 saturated carbocycles. The van der Waals surface area contributed by atoms with E-state index in [-0.39, 0.29) is 11.8 Å². The fraction of sp³-hybridized carbons (Fsp3) is 0.500. The Morgan fingerprint density at radius 2 is 2.17 bits per heavy atom. The minimum absolute atomic E-state index is 0.0321. The van der Waals surface area contributed by atoms with Gasteiger partial charge in [-0.2, -0.15) is 4.98 Å². The van der Waals surface area contributed by atoms with Crippen molar-refractivity contribution in [3.63, 3.8) is 0 Å². The van der Waals surface area contributed by atoms with Gasteiger partial charge in [-0.25, -0.2) is 4.98 Å². The first-order valence-electron chi connectivity index (χ1n) is 8.04. The number of anilines is 1. The molecule has 0 bridgehead atoms. The van der Waals surface area contributed by atoms with Gasteiger partial charge in [0.15, 0.2) is 0 Å². The van der Waals surface area contributed by atoms with E-state index in [0.717, 1.165) is 24.5 Å². The maximum Gasteiger partial charge on any atom is 0.316 e. The summed E-state index contributed by atoms with van der Waals surface area (Å²) in [6, 6.07) is 3.69. The van der Waals surface area contributed by atoms with Crippen LogP contribution in [-0.4, -0.2) is 53.9 Å². The first-order valence-corrected chi connectivity index (χ1v) is 8.04. The van der Waals surface area contributed by atoms with E-state index >= 15 is 0 Å². The number of ether oxygens (including phenoxy) is 1. The van der Waals surface area contributed by atoms with Gasteiger partial charge >= 0.3 is 11.8 Å². The molecule has 2 aromatic heterocycles. The Hall–Kier alpha value is -2.48. The molecule has 8 nitrogen and oxygen atoms in total. The maximum atomic E-state index is 12.0. The number of rotatable bonds is 5. The third kappa shape index (κ3) is 3.88. The Kier molecular flexibility index (Phi) is 5.05. The van der Waals surface area contributed by atoms with Crippen LogP contribution in [0, 0.1) is 5.92 Å². The van der Waals surface area contributed by atoms with Gasteiger partial charge in [0.25, 0.3) is 0 Å². The van der Waals surface area contributed by atoms with Gasteiger partial charge in [-0.15, -0.1) is 0 Å². The lowest BCUT2D eigenvalue weighted by Crippen LogP contribution is -2.36. The molecule has 1 amide bonds. The molecule has 3 rings (SSSR count). The first kappa shape index (κ1) is 16.4. The molecule has 0 spiro atoms. The van der Waals surface area contributed by atoms with Crippen LogP contribution in [0.2, 0.25) is 0 Å². The Labute approximate surface area is 140 Å². The van der Waals surface area contributed by atoms with Gasteiger partial charge in [-0.1, -0.05) is 19.0 Å². The smallest absolute Gasteiger partial charge is 0.316 e. The van der Waals surface area contributed by atoms with Crippen molar-refractivity contribution in [2.75, 3.05) is 37.7 Å². The number of amides is 1. The summed E-state index contributed by atoms with van der Waals surface area (Å²) in [7, 11) is 0. The molecule has 128 valence electrons. The lowest BCUT2D eigenvalue weighted by molar-refractivity contribution is 0.0905. The van der Waals surface area contributed by atoms with Crippen LogP contribution < -0.4 is 10.2 Å². The van der Waals surface area contributed by atoms with E-state index in [0.29, 0.717) is 31.5 Å². The molecule has 0 radical (unpaired) electrons. The van der Waals surface area contributed by atoms with Crippen LogP contribution in [0.15, 0.2) is 22.9 Å². The number of nitrogens with zero attached hydrogens (tertiary/aromatic N) is 4. The van der Waals surface area contributed by atoms with Crippen LogP contribution in [0.4, 0.5) is 5.82 Å². The lowest BCUT2D eigenvalue weighted by Gasteiger charge is -2.27. The van der Waals surface area contributed by atoms with Crippen LogP contribution >= 0.6 is 0 Å². The molecule has 1 N–H and O–H groups in total. The summed E-state index contributed by atoms with van der Waals surface area (Å²) in [5.74, 6) is 1.18. The third-order valence-corrected chi connectivity index (χ3v) is 3.63. The van der Waals surface area contributed by atoms with Crippen molar-refractivity contribution in [1.82, 2.24) is 20.4 Å². The summed E-state index contributed by atoms with van der Waals surface area (Å²) >= 11 is 0. The highest BCUT2D eigenvalue weighted by Crippen LogP contribution is 2.21. The standard InChI is InChI=1S/C16H21N5O3/c1-11(2)10-18-15(22)16-19-14(20-24-16)12-3-4-17-13(9-12)21-5-7-23-8-6-21/h3-4,9,11H,5-8,10H2,1-2H3,(H,18,22). The van der Waals surface area contributed by atoms with Gasteiger partial charge in [0.1, 0.15) is 5.82 Å². The minimum Gasteiger partial charge on any atom is -0.378 e. The van der Waals surface area contributed by atoms with Crippen molar-refractivity contribution >= 4 is 11.7 Å². The third-order valence-electron chi connectivity index (χ3n) is 3.63. The van der Waals surface area contributed by atoms with E-state index in [2.05, 4.69) is 25.3 Å². The van der Waals surface area contributed by atoms with Crippen molar-refractivity contribution in [2.45, 2.75) is 13.8 Å². The highest BCUT2D eigenvalue weighted by atomic mass is 16.5. The Bertz CT molecular complexity index is 695. The van der Waals surface area contributed by atoms with E-state index in [1.54, 1.807) is 12.3 Å². The molecule has 1 aliphatic heterocycles. The van der Waals surface area contributed by atoms with E-state index in [1.807, 2.05) is 19.9 Å². The quantitative estimate of drug-likeness (QED) is 0.884. The number of nitrogens with one attached hydrogen (secondary N) is 1. The number of aromatic nitrogens is 3. The van der Waals surface area contributed by atoms with Gasteiger partial charge in [0.05, 0.1) is 13.2 Å². The highest BCUT2D eigenvalue weighted by molar-refractivity contribution is 5.89. The van der Waals surface area contributed by atoms with Crippen LogP contribution in [-0.2, 0) is 4.74 Å². The molecule has 1 fully saturated rings. The molecule has 1 saturated heterocycles. The fourth-order valence-electron chi connectivity index (χ4n) is 2.33. The molecule has 0 aliphatic carbocycles. The molecule has 8 heteroatoms. The molecule has 0 aromatic carbocycles. The minimum atomic E-state index is -0.357. The Morgan fingerprint density at radius 1 is 1.38 bits per heavy atom. The summed E-state index contributed by atoms with van der Waals surface area (Å²) in [5.41, 5.74) is 0.762. The van der Waals surface area contributed by atoms with Crippen molar-refractivity contribution in [3.05, 3.63) is 24.2 Å². The first-order chi connectivity index (χ1) is 11.6. The van der Waals surface area contributed by atoms with Crippen molar-refractivity contribution < 1.29 is 14.1 Å². The fourth-order valence-corrected chi connectivity index (χ4v) is 2.33. The molecule has 24 heavy (non-hydrogen) atoms. The van der Waals surface area contributed by atoms with Gasteiger partial charge in [-0.05, 0) is 18.1 Å². The second kappa shape index (κ2) is 7.39. The SMILES string of the molecule is CC(C)CNC(=O)c1nc(-c2ccnc(N3CCOCC3)c2)no1. The van der Waals surface area contributed by atoms with Crippen molar-refractivity contribution in [3.8, 4) is 11.4 Å². The van der Waals surface area contributed by atoms with E-state index in [9.17, 15) is 4.79 Å². The number of hydrogen-bond donors (Lipinski definition) is 1. The normalized spacial score (nSPS) is 14.9. The molecule has 0 unspecified atom stereocenters. The predicted molar refractivity (Wildman–Crippen MR) is 87.7 cm³/mol. The van der Waals surface area contributed by atoms with Gasteiger partial charge in [-0.3, -0.25) is 4.79 Å². The second-order valence-electron chi connectivity index (χ2n) is 6.03. The summed E-state index contributed by atoms with van der Waals surface area (Å²) in [5, 5.41) is 6.66. The van der Waals surface area contributed by atoms with Crippen LogP contribution in [0.1, 0.15) is 24.5 Å². The molecular formula is C16H21N5O3. The maximum absolute atomic E-state index is 12.0. The number of carbonyl (C=O) groups excluding carboxylic acids is 1. The van der Waals surface area contributed by atoms with Crippen LogP contribution in [0.25, 0.3) is 11.4 Å². The van der Waals surface area contributed by atoms with Crippen LogP contribution in [0.5, 0.6) is 0 Å². The molecule has 2 aromatic rings. The molecule has 0 atom stereocenters. The van der Waals surface area contributed by atoms with Gasteiger partial charge < -0.3 is 19.5 Å². The number of pyridine rings is 1. The van der Waals surface area contributed by atoms with E-state index in [4.69, 9.17) is 9.26 Å². The summed E-state index contributed by atoms with van der Waals surface area (Å²) in [6.45, 7) is 7.57. The number of hydrogen-bond acceptors (Lipinski definition) is 7. The van der Waals surface area contributed by atoms with E-state index in [1.165, 1.54) is 0 Å². The zero-order valence-electron chi connectivity index (χ0n) is 13.9. The number of morpholine rings is 1. The predicted octanol–water partition coefficient (Wildman–Crippen LogP) is 1.35. The summed E-state index contributed by atoms with van der Waals surface area (Å²) < 4.78 is 10.4. The van der Waals surface area contributed by atoms with Crippen LogP contribution in [0.3, 0.4) is 0 Å².